The van der Waals surface area contributed by atoms with Crippen LogP contribution in [0.25, 0.3) is 0 Å². The van der Waals surface area contributed by atoms with Crippen LogP contribution in [0.15, 0.2) is 0 Å². The number of nitrogens with one attached hydrogen (secondary N) is 1. The molecule has 1 rings (SSSR count). The van der Waals surface area contributed by atoms with Gasteiger partial charge in [0.05, 0.1) is 0 Å². The molecule has 0 unspecified atom stereocenters. The van der Waals surface area contributed by atoms with Crippen LogP contribution in [-0.2, 0) is 4.79 Å². The van der Waals surface area contributed by atoms with Gasteiger partial charge < -0.3 is 10.1 Å². The van der Waals surface area contributed by atoms with Gasteiger partial charge in [-0.1, -0.05) is 0 Å². The van der Waals surface area contributed by atoms with Crippen molar-refractivity contribution in [3.63, 3.8) is 0 Å². The molecule has 0 bridgehead atoms. The average molecular weight is 127 g/mol. The van der Waals surface area contributed by atoms with Crippen LogP contribution < -0.4 is 5.32 Å². The molecule has 0 radical (unpaired) electrons. The molecule has 1 heterocycles. The topological polar surface area (TPSA) is 29.1 Å². The van der Waals surface area contributed by atoms with Crippen LogP contribution in [0.5, 0.6) is 0 Å². The maximum Gasteiger partial charge on any atom is 0.130 e. The van der Waals surface area contributed by atoms with E-state index in [9.17, 15) is 4.79 Å². The van der Waals surface area contributed by atoms with Crippen molar-refractivity contribution in [2.75, 3.05) is 13.1 Å². The Morgan fingerprint density at radius 2 is 2.56 bits per heavy atom. The van der Waals surface area contributed by atoms with Gasteiger partial charge in [0.25, 0.3) is 0 Å². The smallest absolute Gasteiger partial charge is 0.130 e. The quantitative estimate of drug-likeness (QED) is 0.587. The Morgan fingerprint density at radius 1 is 1.78 bits per heavy atom. The number of hydrogen-bond donors (Lipinski definition) is 1. The minimum atomic E-state index is 0.323. The summed E-state index contributed by atoms with van der Waals surface area (Å²) in [7, 11) is 0. The molecule has 0 aliphatic carbocycles. The third-order valence-corrected chi connectivity index (χ3v) is 1.74. The van der Waals surface area contributed by atoms with Crippen LogP contribution >= 0.6 is 0 Å². The van der Waals surface area contributed by atoms with E-state index in [2.05, 4.69) is 5.32 Å². The molecule has 1 aliphatic rings. The lowest BCUT2D eigenvalue weighted by Crippen LogP contribution is -2.10. The normalized spacial score (nSPS) is 26.6. The summed E-state index contributed by atoms with van der Waals surface area (Å²) in [5, 5.41) is 3.23. The summed E-state index contributed by atoms with van der Waals surface area (Å²) in [5.41, 5.74) is 0. The molecule has 0 spiro atoms. The van der Waals surface area contributed by atoms with E-state index in [-0.39, 0.29) is 0 Å². The van der Waals surface area contributed by atoms with Crippen LogP contribution in [0.4, 0.5) is 0 Å². The van der Waals surface area contributed by atoms with Gasteiger partial charge in [0.2, 0.25) is 0 Å². The summed E-state index contributed by atoms with van der Waals surface area (Å²) >= 11 is 0. The van der Waals surface area contributed by atoms with Crippen molar-refractivity contribution in [2.45, 2.75) is 19.8 Å². The molecule has 1 aliphatic heterocycles. The first-order valence-corrected chi connectivity index (χ1v) is 3.49. The lowest BCUT2D eigenvalue weighted by molar-refractivity contribution is -0.117. The summed E-state index contributed by atoms with van der Waals surface area (Å²) in [6.07, 6.45) is 1.95. The third kappa shape index (κ3) is 2.14. The van der Waals surface area contributed by atoms with E-state index in [1.54, 1.807) is 6.92 Å². The van der Waals surface area contributed by atoms with Gasteiger partial charge in [-0.3, -0.25) is 0 Å². The number of carbonyl (C=O) groups is 1. The summed E-state index contributed by atoms with van der Waals surface area (Å²) in [6, 6.07) is 0. The molecule has 52 valence electrons. The van der Waals surface area contributed by atoms with Crippen LogP contribution in [0.3, 0.4) is 0 Å². The lowest BCUT2D eigenvalue weighted by atomic mass is 10.0. The van der Waals surface area contributed by atoms with E-state index in [0.29, 0.717) is 11.7 Å². The Hall–Kier alpha value is -0.370. The van der Waals surface area contributed by atoms with Gasteiger partial charge in [-0.25, -0.2) is 0 Å². The molecule has 0 aromatic carbocycles. The van der Waals surface area contributed by atoms with Gasteiger partial charge in [0.1, 0.15) is 5.78 Å². The fourth-order valence-corrected chi connectivity index (χ4v) is 1.30. The van der Waals surface area contributed by atoms with Gasteiger partial charge in [-0.15, -0.1) is 0 Å². The second-order valence-electron chi connectivity index (χ2n) is 2.76. The molecule has 0 aromatic rings. The average Bonchev–Trinajstić information content (AvgIpc) is 2.15. The molecular weight excluding hydrogens is 114 g/mol. The lowest BCUT2D eigenvalue weighted by Gasteiger charge is -2.01. The van der Waals surface area contributed by atoms with Crippen molar-refractivity contribution in [2.24, 2.45) is 5.92 Å². The molecule has 0 aromatic heterocycles. The molecule has 1 fully saturated rings. The first-order valence-electron chi connectivity index (χ1n) is 3.49. The van der Waals surface area contributed by atoms with E-state index < -0.39 is 0 Å². The largest absolute Gasteiger partial charge is 0.316 e. The standard InChI is InChI=1S/C7H13NO/c1-6(9)4-7-2-3-8-5-7/h7-8H,2-5H2,1H3/t7-/m1/s1. The van der Waals surface area contributed by atoms with Crippen LogP contribution in [0.2, 0.25) is 0 Å². The number of carbonyl (C=O) groups excluding carboxylic acids is 1. The van der Waals surface area contributed by atoms with E-state index in [1.165, 1.54) is 6.42 Å². The highest BCUT2D eigenvalue weighted by atomic mass is 16.1. The van der Waals surface area contributed by atoms with E-state index >= 15 is 0 Å². The fourth-order valence-electron chi connectivity index (χ4n) is 1.30. The summed E-state index contributed by atoms with van der Waals surface area (Å²) in [4.78, 5) is 10.6. The minimum absolute atomic E-state index is 0.323. The molecule has 2 heteroatoms. The zero-order valence-electron chi connectivity index (χ0n) is 5.81. The van der Waals surface area contributed by atoms with Crippen molar-refractivity contribution in [1.82, 2.24) is 5.32 Å². The highest BCUT2D eigenvalue weighted by Crippen LogP contribution is 2.11. The number of hydrogen-bond acceptors (Lipinski definition) is 2. The Bertz CT molecular complexity index is 105. The second kappa shape index (κ2) is 2.97. The minimum Gasteiger partial charge on any atom is -0.316 e. The zero-order valence-corrected chi connectivity index (χ0v) is 5.81. The van der Waals surface area contributed by atoms with E-state index in [4.69, 9.17) is 0 Å². The van der Waals surface area contributed by atoms with Gasteiger partial charge >= 0.3 is 0 Å². The van der Waals surface area contributed by atoms with E-state index in [1.807, 2.05) is 0 Å². The van der Waals surface area contributed by atoms with Crippen molar-refractivity contribution in [3.05, 3.63) is 0 Å². The summed E-state index contributed by atoms with van der Waals surface area (Å²) < 4.78 is 0. The predicted molar refractivity (Wildman–Crippen MR) is 36.3 cm³/mol. The SMILES string of the molecule is CC(=O)C[C@H]1CCNC1. The molecular formula is C7H13NO. The Labute approximate surface area is 55.6 Å². The Morgan fingerprint density at radius 3 is 3.00 bits per heavy atom. The number of ketones is 1. The maximum absolute atomic E-state index is 10.6. The molecule has 1 N–H and O–H groups in total. The summed E-state index contributed by atoms with van der Waals surface area (Å²) in [6.45, 7) is 3.80. The second-order valence-corrected chi connectivity index (χ2v) is 2.76. The number of Topliss-reactive ketones (excluding diaryl/α,β-unsaturated/α-hetero) is 1. The van der Waals surface area contributed by atoms with Crippen LogP contribution in [-0.4, -0.2) is 18.9 Å². The van der Waals surface area contributed by atoms with Crippen molar-refractivity contribution >= 4 is 5.78 Å². The van der Waals surface area contributed by atoms with Crippen LogP contribution in [0.1, 0.15) is 19.8 Å². The van der Waals surface area contributed by atoms with Crippen molar-refractivity contribution in [1.29, 1.82) is 0 Å². The van der Waals surface area contributed by atoms with Gasteiger partial charge in [0, 0.05) is 6.42 Å². The van der Waals surface area contributed by atoms with Gasteiger partial charge in [-0.05, 0) is 32.4 Å². The highest BCUT2D eigenvalue weighted by molar-refractivity contribution is 5.75. The van der Waals surface area contributed by atoms with Crippen LogP contribution in [0, 0.1) is 5.92 Å². The monoisotopic (exact) mass is 127 g/mol. The highest BCUT2D eigenvalue weighted by Gasteiger charge is 2.15. The third-order valence-electron chi connectivity index (χ3n) is 1.74. The first kappa shape index (κ1) is 6.75. The Balaban J connectivity index is 2.19. The molecule has 9 heavy (non-hydrogen) atoms. The zero-order chi connectivity index (χ0) is 6.69. The van der Waals surface area contributed by atoms with Crippen molar-refractivity contribution in [3.8, 4) is 0 Å². The van der Waals surface area contributed by atoms with E-state index in [0.717, 1.165) is 19.5 Å². The maximum atomic E-state index is 10.6. The van der Waals surface area contributed by atoms with Gasteiger partial charge in [0.15, 0.2) is 0 Å². The molecule has 0 amide bonds. The predicted octanol–water partition coefficient (Wildman–Crippen LogP) is 0.575. The molecule has 1 atom stereocenters. The summed E-state index contributed by atoms with van der Waals surface area (Å²) in [5.74, 6) is 0.950. The molecule has 0 saturated carbocycles. The van der Waals surface area contributed by atoms with Gasteiger partial charge in [-0.2, -0.15) is 0 Å². The fraction of sp³-hybridized carbons (Fsp3) is 0.857. The van der Waals surface area contributed by atoms with Crippen molar-refractivity contribution < 1.29 is 4.79 Å². The molecule has 2 nitrogen and oxygen atoms in total. The number of rotatable bonds is 2. The Kier molecular flexibility index (Phi) is 2.22. The molecule has 1 saturated heterocycles. The first-order chi connectivity index (χ1) is 4.29.